The van der Waals surface area contributed by atoms with Gasteiger partial charge in [0.1, 0.15) is 0 Å². The lowest BCUT2D eigenvalue weighted by Crippen LogP contribution is -2.16. The highest BCUT2D eigenvalue weighted by molar-refractivity contribution is 6.24. The van der Waals surface area contributed by atoms with E-state index in [1.807, 2.05) is 12.1 Å². The van der Waals surface area contributed by atoms with Crippen molar-refractivity contribution in [3.63, 3.8) is 0 Å². The van der Waals surface area contributed by atoms with Gasteiger partial charge in [-0.25, -0.2) is 0 Å². The summed E-state index contributed by atoms with van der Waals surface area (Å²) in [6.45, 7) is 13.7. The first-order valence-electron chi connectivity index (χ1n) is 12.7. The standard InChI is InChI=1S/C34H36N2/c1-33(2,3)23-18-22(19-24(20-23)34(4,5)6)29-25(21-12-8-7-9-13-21)16-17-28-30(29)32(36)27-15-11-10-14-26(27)31(28)35/h7-20H,35-36H2,1-6H3. The fourth-order valence-corrected chi connectivity index (χ4v) is 5.14. The number of fused-ring (bicyclic) bond motifs is 2. The number of rotatable bonds is 2. The molecule has 0 radical (unpaired) electrons. The summed E-state index contributed by atoms with van der Waals surface area (Å²) < 4.78 is 0. The molecule has 0 spiro atoms. The topological polar surface area (TPSA) is 52.0 Å². The van der Waals surface area contributed by atoms with Gasteiger partial charge in [0.15, 0.2) is 0 Å². The Labute approximate surface area is 215 Å². The predicted molar refractivity (Wildman–Crippen MR) is 159 cm³/mol. The normalized spacial score (nSPS) is 12.4. The Hall–Kier alpha value is -3.78. The monoisotopic (exact) mass is 472 g/mol. The third kappa shape index (κ3) is 4.01. The molecule has 0 aliphatic heterocycles. The van der Waals surface area contributed by atoms with Gasteiger partial charge in [-0.05, 0) is 44.2 Å². The van der Waals surface area contributed by atoms with Crippen LogP contribution in [0.3, 0.4) is 0 Å². The molecule has 0 saturated carbocycles. The van der Waals surface area contributed by atoms with Crippen LogP contribution in [0.1, 0.15) is 52.7 Å². The minimum Gasteiger partial charge on any atom is -0.398 e. The van der Waals surface area contributed by atoms with Crippen molar-refractivity contribution in [2.45, 2.75) is 52.4 Å². The first kappa shape index (κ1) is 23.9. The van der Waals surface area contributed by atoms with Gasteiger partial charge in [-0.3, -0.25) is 0 Å². The Kier molecular flexibility index (Phi) is 5.59. The lowest BCUT2D eigenvalue weighted by atomic mass is 9.77. The second kappa shape index (κ2) is 8.41. The number of anilines is 2. The summed E-state index contributed by atoms with van der Waals surface area (Å²) in [6.07, 6.45) is 0. The molecule has 0 aliphatic rings. The van der Waals surface area contributed by atoms with Gasteiger partial charge in [-0.15, -0.1) is 0 Å². The summed E-state index contributed by atoms with van der Waals surface area (Å²) in [7, 11) is 0. The highest BCUT2D eigenvalue weighted by atomic mass is 14.6. The third-order valence-corrected chi connectivity index (χ3v) is 7.31. The Morgan fingerprint density at radius 2 is 1.03 bits per heavy atom. The van der Waals surface area contributed by atoms with Crippen molar-refractivity contribution in [2.75, 3.05) is 11.5 Å². The van der Waals surface area contributed by atoms with Gasteiger partial charge in [0, 0.05) is 32.9 Å². The van der Waals surface area contributed by atoms with Crippen molar-refractivity contribution < 1.29 is 0 Å². The second-order valence-electron chi connectivity index (χ2n) is 11.9. The molecule has 0 amide bonds. The molecule has 36 heavy (non-hydrogen) atoms. The molecular formula is C34H36N2. The van der Waals surface area contributed by atoms with Crippen LogP contribution in [0.2, 0.25) is 0 Å². The molecule has 2 heteroatoms. The maximum Gasteiger partial charge on any atom is 0.0481 e. The minimum absolute atomic E-state index is 0.00474. The molecule has 0 unspecified atom stereocenters. The molecule has 4 N–H and O–H groups in total. The van der Waals surface area contributed by atoms with Crippen molar-refractivity contribution in [3.05, 3.63) is 96.1 Å². The summed E-state index contributed by atoms with van der Waals surface area (Å²) in [5, 5.41) is 4.02. The maximum absolute atomic E-state index is 7.00. The van der Waals surface area contributed by atoms with E-state index < -0.39 is 0 Å². The minimum atomic E-state index is 0.00474. The summed E-state index contributed by atoms with van der Waals surface area (Å²) in [5.41, 5.74) is 22.6. The zero-order valence-electron chi connectivity index (χ0n) is 22.2. The van der Waals surface area contributed by atoms with Crippen LogP contribution in [0.4, 0.5) is 11.4 Å². The first-order chi connectivity index (χ1) is 17.0. The smallest absolute Gasteiger partial charge is 0.0481 e. The SMILES string of the molecule is CC(C)(C)c1cc(-c2c(-c3ccccc3)ccc3c(N)c4ccccc4c(N)c23)cc(C(C)(C)C)c1. The van der Waals surface area contributed by atoms with Crippen molar-refractivity contribution in [3.8, 4) is 22.3 Å². The van der Waals surface area contributed by atoms with E-state index in [1.54, 1.807) is 0 Å². The molecule has 5 rings (SSSR count). The fraction of sp³-hybridized carbons (Fsp3) is 0.235. The molecule has 0 saturated heterocycles. The molecule has 0 aromatic heterocycles. The Bertz CT molecular complexity index is 1560. The van der Waals surface area contributed by atoms with Crippen LogP contribution in [0.5, 0.6) is 0 Å². The van der Waals surface area contributed by atoms with E-state index in [1.165, 1.54) is 22.3 Å². The summed E-state index contributed by atoms with van der Waals surface area (Å²) >= 11 is 0. The van der Waals surface area contributed by atoms with Crippen molar-refractivity contribution >= 4 is 32.9 Å². The van der Waals surface area contributed by atoms with Crippen molar-refractivity contribution in [1.82, 2.24) is 0 Å². The van der Waals surface area contributed by atoms with Gasteiger partial charge in [0.2, 0.25) is 0 Å². The van der Waals surface area contributed by atoms with Crippen LogP contribution in [0.15, 0.2) is 84.9 Å². The van der Waals surface area contributed by atoms with Crippen molar-refractivity contribution in [1.29, 1.82) is 0 Å². The van der Waals surface area contributed by atoms with Gasteiger partial charge >= 0.3 is 0 Å². The van der Waals surface area contributed by atoms with Gasteiger partial charge in [0.25, 0.3) is 0 Å². The maximum atomic E-state index is 7.00. The van der Waals surface area contributed by atoms with E-state index in [4.69, 9.17) is 11.5 Å². The Balaban J connectivity index is 2.00. The lowest BCUT2D eigenvalue weighted by Gasteiger charge is -2.27. The van der Waals surface area contributed by atoms with Crippen LogP contribution in [0.25, 0.3) is 43.8 Å². The molecular weight excluding hydrogens is 436 g/mol. The van der Waals surface area contributed by atoms with Gasteiger partial charge in [-0.1, -0.05) is 126 Å². The summed E-state index contributed by atoms with van der Waals surface area (Å²) in [5.74, 6) is 0. The first-order valence-corrected chi connectivity index (χ1v) is 12.7. The van der Waals surface area contributed by atoms with E-state index in [2.05, 4.69) is 114 Å². The molecule has 5 aromatic carbocycles. The van der Waals surface area contributed by atoms with E-state index in [-0.39, 0.29) is 10.8 Å². The van der Waals surface area contributed by atoms with E-state index in [0.29, 0.717) is 0 Å². The molecule has 0 heterocycles. The summed E-state index contributed by atoms with van der Waals surface area (Å²) in [6, 6.07) is 30.2. The largest absolute Gasteiger partial charge is 0.398 e. The molecule has 0 aliphatic carbocycles. The van der Waals surface area contributed by atoms with Crippen LogP contribution in [-0.2, 0) is 10.8 Å². The van der Waals surface area contributed by atoms with Crippen LogP contribution >= 0.6 is 0 Å². The average Bonchev–Trinajstić information content (AvgIpc) is 2.85. The summed E-state index contributed by atoms with van der Waals surface area (Å²) in [4.78, 5) is 0. The number of hydrogen-bond acceptors (Lipinski definition) is 2. The van der Waals surface area contributed by atoms with E-state index in [9.17, 15) is 0 Å². The zero-order valence-corrected chi connectivity index (χ0v) is 22.2. The highest BCUT2D eigenvalue weighted by Crippen LogP contribution is 2.47. The molecule has 182 valence electrons. The van der Waals surface area contributed by atoms with Gasteiger partial charge in [0.05, 0.1) is 0 Å². The fourth-order valence-electron chi connectivity index (χ4n) is 5.14. The lowest BCUT2D eigenvalue weighted by molar-refractivity contribution is 0.569. The van der Waals surface area contributed by atoms with Crippen LogP contribution in [-0.4, -0.2) is 0 Å². The van der Waals surface area contributed by atoms with Gasteiger partial charge in [-0.2, -0.15) is 0 Å². The molecule has 0 atom stereocenters. The number of hydrogen-bond donors (Lipinski definition) is 2. The van der Waals surface area contributed by atoms with E-state index >= 15 is 0 Å². The number of benzene rings is 5. The van der Waals surface area contributed by atoms with Gasteiger partial charge < -0.3 is 11.5 Å². The number of nitrogens with two attached hydrogens (primary N) is 2. The highest BCUT2D eigenvalue weighted by Gasteiger charge is 2.24. The molecule has 0 bridgehead atoms. The second-order valence-corrected chi connectivity index (χ2v) is 11.9. The third-order valence-electron chi connectivity index (χ3n) is 7.31. The zero-order chi connectivity index (χ0) is 25.8. The van der Waals surface area contributed by atoms with E-state index in [0.717, 1.165) is 44.0 Å². The molecule has 5 aromatic rings. The van der Waals surface area contributed by atoms with Crippen molar-refractivity contribution in [2.24, 2.45) is 0 Å². The average molecular weight is 473 g/mol. The van der Waals surface area contributed by atoms with Crippen LogP contribution in [0, 0.1) is 0 Å². The van der Waals surface area contributed by atoms with Crippen LogP contribution < -0.4 is 11.5 Å². The Morgan fingerprint density at radius 3 is 1.58 bits per heavy atom. The number of nitrogen functional groups attached to an aromatic ring is 2. The predicted octanol–water partition coefficient (Wildman–Crippen LogP) is 9.09. The molecule has 2 nitrogen and oxygen atoms in total. The quantitative estimate of drug-likeness (QED) is 0.153. The Morgan fingerprint density at radius 1 is 0.500 bits per heavy atom. The molecule has 0 fully saturated rings.